The predicted octanol–water partition coefficient (Wildman–Crippen LogP) is 4.36. The monoisotopic (exact) mass is 410 g/mol. The highest BCUT2D eigenvalue weighted by Crippen LogP contribution is 2.24. The molecule has 0 saturated carbocycles. The Kier molecular flexibility index (Phi) is 5.65. The fraction of sp³-hybridized carbons (Fsp3) is 0.625. The van der Waals surface area contributed by atoms with Gasteiger partial charge in [0.2, 0.25) is 0 Å². The smallest absolute Gasteiger partial charge is 0.274 e. The molecule has 1 aromatic carbocycles. The summed E-state index contributed by atoms with van der Waals surface area (Å²) in [6.45, 7) is 18.2. The van der Waals surface area contributed by atoms with E-state index in [1.807, 2.05) is 32.7 Å². The first-order valence-electron chi connectivity index (χ1n) is 8.26. The Bertz CT molecular complexity index is 650. The molecule has 138 valence electrons. The lowest BCUT2D eigenvalue weighted by molar-refractivity contribution is 0.509. The van der Waals surface area contributed by atoms with Gasteiger partial charge in [-0.15, -0.1) is 0 Å². The van der Waals surface area contributed by atoms with E-state index in [0.717, 1.165) is 0 Å². The summed E-state index contributed by atoms with van der Waals surface area (Å²) in [5, 5.41) is -0.186. The second-order valence-corrected chi connectivity index (χ2v) is 34.6. The summed E-state index contributed by atoms with van der Waals surface area (Å²) in [5.41, 5.74) is 0. The minimum atomic E-state index is -3.72. The van der Waals surface area contributed by atoms with Crippen molar-refractivity contribution in [3.05, 3.63) is 17.5 Å². The highest BCUT2D eigenvalue weighted by atomic mass is 29.3. The number of benzene rings is 1. The molecule has 1 aromatic rings. The molecule has 0 heterocycles. The maximum atomic E-state index is 15.6. The summed E-state index contributed by atoms with van der Waals surface area (Å²) in [6, 6.07) is 0. The van der Waals surface area contributed by atoms with Crippen molar-refractivity contribution in [1.82, 2.24) is 0 Å². The second-order valence-electron chi connectivity index (χ2n) is 9.66. The Morgan fingerprint density at radius 2 is 0.917 bits per heavy atom. The summed E-state index contributed by atoms with van der Waals surface area (Å²) in [4.78, 5) is 0. The lowest BCUT2D eigenvalue weighted by atomic mass is 10.3. The summed E-state index contributed by atoms with van der Waals surface area (Å²) in [6.07, 6.45) is 0. The van der Waals surface area contributed by atoms with Crippen molar-refractivity contribution < 1.29 is 17.3 Å². The van der Waals surface area contributed by atoms with Gasteiger partial charge in [0.15, 0.2) is 11.6 Å². The Labute approximate surface area is 147 Å². The number of hydrogen-bond acceptors (Lipinski definition) is 0. The van der Waals surface area contributed by atoms with Crippen molar-refractivity contribution in [3.8, 4) is 0 Å². The van der Waals surface area contributed by atoms with Crippen molar-refractivity contribution in [1.29, 1.82) is 0 Å². The number of hydrogen-bond donors (Lipinski definition) is 0. The van der Waals surface area contributed by atoms with Crippen LogP contribution in [0.3, 0.4) is 0 Å². The maximum absolute atomic E-state index is 15.6. The molecule has 0 aliphatic carbocycles. The van der Waals surface area contributed by atoms with Crippen LogP contribution in [0.15, 0.2) is 0 Å². The minimum absolute atomic E-state index is 0.0569. The fourth-order valence-electron chi connectivity index (χ4n) is 2.85. The van der Waals surface area contributed by atoms with E-state index in [1.165, 1.54) is 13.1 Å². The van der Waals surface area contributed by atoms with E-state index in [4.69, 9.17) is 0 Å². The lowest BCUT2D eigenvalue weighted by Gasteiger charge is -2.38. The minimum Gasteiger partial charge on any atom is -0.308 e. The molecule has 1 rings (SSSR count). The first-order valence-corrected chi connectivity index (χ1v) is 22.1. The number of halogens is 4. The molecule has 8 heteroatoms. The molecule has 0 bridgehead atoms. The highest BCUT2D eigenvalue weighted by molar-refractivity contribution is 7.45. The Balaban J connectivity index is 4.11. The van der Waals surface area contributed by atoms with Crippen LogP contribution >= 0.6 is 0 Å². The molecule has 24 heavy (non-hydrogen) atoms. The van der Waals surface area contributed by atoms with Gasteiger partial charge in [0.05, 0.1) is 15.7 Å². The first-order chi connectivity index (χ1) is 10.3. The molecule has 0 aliphatic heterocycles. The largest absolute Gasteiger partial charge is 0.308 e. The van der Waals surface area contributed by atoms with Gasteiger partial charge in [0.1, 0.15) is 5.82 Å². The topological polar surface area (TPSA) is 0 Å². The standard InChI is InChI=1S/C16H30F4Si4/c1-21(2,3)15-13(19)14(24(9,10)22(4,5)6)11(17)12(18)16(15)23(7,8)20/h1-10H3. The van der Waals surface area contributed by atoms with Gasteiger partial charge in [0.25, 0.3) is 8.41 Å². The molecule has 0 amide bonds. The molecule has 0 aliphatic rings. The average Bonchev–Trinajstić information content (AvgIpc) is 2.28. The Morgan fingerprint density at radius 1 is 0.542 bits per heavy atom. The van der Waals surface area contributed by atoms with Gasteiger partial charge in [-0.1, -0.05) is 52.4 Å². The summed E-state index contributed by atoms with van der Waals surface area (Å²) < 4.78 is 60.3. The molecular weight excluding hydrogens is 381 g/mol. The van der Waals surface area contributed by atoms with E-state index in [-0.39, 0.29) is 15.6 Å². The quantitative estimate of drug-likeness (QED) is 0.299. The molecule has 0 atom stereocenters. The van der Waals surface area contributed by atoms with Gasteiger partial charge in [-0.2, -0.15) is 0 Å². The van der Waals surface area contributed by atoms with Gasteiger partial charge in [-0.25, -0.2) is 13.2 Å². The first kappa shape index (κ1) is 21.8. The van der Waals surface area contributed by atoms with Gasteiger partial charge in [0, 0.05) is 18.0 Å². The van der Waals surface area contributed by atoms with E-state index in [9.17, 15) is 12.9 Å². The zero-order chi connectivity index (χ0) is 19.5. The van der Waals surface area contributed by atoms with Gasteiger partial charge >= 0.3 is 0 Å². The molecule has 0 saturated heterocycles. The van der Waals surface area contributed by atoms with E-state index in [2.05, 4.69) is 19.6 Å². The molecule has 0 unspecified atom stereocenters. The van der Waals surface area contributed by atoms with Crippen LogP contribution in [0.1, 0.15) is 0 Å². The SMILES string of the molecule is C[Si](C)(C)c1c(F)c([Si](C)(C)[Si](C)(C)C)c(F)c(F)c1[Si](C)(C)F. The Morgan fingerprint density at radius 3 is 1.21 bits per heavy atom. The van der Waals surface area contributed by atoms with E-state index >= 15 is 4.39 Å². The van der Waals surface area contributed by atoms with E-state index in [0.29, 0.717) is 0 Å². The third-order valence-corrected chi connectivity index (χ3v) is 26.5. The second kappa shape index (κ2) is 6.21. The van der Waals surface area contributed by atoms with Crippen molar-refractivity contribution in [2.24, 2.45) is 0 Å². The summed E-state index contributed by atoms with van der Waals surface area (Å²) >= 11 is 0. The van der Waals surface area contributed by atoms with E-state index < -0.39 is 49.1 Å². The van der Waals surface area contributed by atoms with Gasteiger partial charge < -0.3 is 4.11 Å². The van der Waals surface area contributed by atoms with Crippen LogP contribution in [0.2, 0.25) is 65.5 Å². The zero-order valence-corrected chi connectivity index (χ0v) is 20.5. The molecule has 0 spiro atoms. The fourth-order valence-corrected chi connectivity index (χ4v) is 13.0. The maximum Gasteiger partial charge on any atom is 0.274 e. The van der Waals surface area contributed by atoms with Crippen LogP contribution < -0.4 is 15.6 Å². The average molecular weight is 411 g/mol. The zero-order valence-electron chi connectivity index (χ0n) is 16.5. The van der Waals surface area contributed by atoms with Crippen LogP contribution in [-0.4, -0.2) is 31.7 Å². The summed E-state index contributed by atoms with van der Waals surface area (Å²) in [5.74, 6) is -2.93. The molecule has 0 radical (unpaired) electrons. The highest BCUT2D eigenvalue weighted by Gasteiger charge is 2.47. The third kappa shape index (κ3) is 3.66. The molecule has 0 aromatic heterocycles. The van der Waals surface area contributed by atoms with Crippen LogP contribution in [0.4, 0.5) is 17.3 Å². The Hall–Kier alpha value is -0.192. The molecular formula is C16H30F4Si4. The normalized spacial score (nSPS) is 14.2. The molecule has 0 fully saturated rings. The van der Waals surface area contributed by atoms with Crippen LogP contribution in [0, 0.1) is 17.5 Å². The van der Waals surface area contributed by atoms with Crippen molar-refractivity contribution in [2.75, 3.05) is 0 Å². The van der Waals surface area contributed by atoms with E-state index in [1.54, 1.807) is 0 Å². The lowest BCUT2D eigenvalue weighted by Crippen LogP contribution is -2.68. The van der Waals surface area contributed by atoms with Gasteiger partial charge in [-0.05, 0) is 18.3 Å². The predicted molar refractivity (Wildman–Crippen MR) is 108 cm³/mol. The number of rotatable bonds is 4. The van der Waals surface area contributed by atoms with Crippen molar-refractivity contribution in [2.45, 2.75) is 65.5 Å². The van der Waals surface area contributed by atoms with Crippen LogP contribution in [0.25, 0.3) is 0 Å². The van der Waals surface area contributed by atoms with Crippen LogP contribution in [0.5, 0.6) is 0 Å². The van der Waals surface area contributed by atoms with Crippen molar-refractivity contribution in [3.63, 3.8) is 0 Å². The summed E-state index contributed by atoms with van der Waals surface area (Å²) in [7, 11) is -10.6. The van der Waals surface area contributed by atoms with Crippen molar-refractivity contribution >= 4 is 47.2 Å². The van der Waals surface area contributed by atoms with Gasteiger partial charge in [-0.3, -0.25) is 0 Å². The molecule has 0 nitrogen and oxygen atoms in total. The third-order valence-electron chi connectivity index (χ3n) is 5.17. The molecule has 0 N–H and O–H groups in total. The van der Waals surface area contributed by atoms with Crippen LogP contribution in [-0.2, 0) is 0 Å².